The summed E-state index contributed by atoms with van der Waals surface area (Å²) >= 11 is 0. The maximum Gasteiger partial charge on any atom is 0.187 e. The third-order valence-electron chi connectivity index (χ3n) is 17.6. The molecule has 0 spiro atoms. The van der Waals surface area contributed by atoms with Gasteiger partial charge in [0.2, 0.25) is 0 Å². The van der Waals surface area contributed by atoms with Crippen LogP contribution in [0.5, 0.6) is 0 Å². The van der Waals surface area contributed by atoms with E-state index < -0.39 is 215 Å². The predicted molar refractivity (Wildman–Crippen MR) is 295 cm³/mol. The molecule has 21 rings (SSSR count). The molecule has 21 heterocycles. The van der Waals surface area contributed by atoms with Crippen LogP contribution >= 0.6 is 0 Å². The lowest BCUT2D eigenvalue weighted by molar-refractivity contribution is -0.400. The number of ether oxygens (including phenoxy) is 28. The molecule has 14 bridgehead atoms. The quantitative estimate of drug-likeness (QED) is 0.0562. The number of methoxy groups -OCH3 is 14. The van der Waals surface area contributed by atoms with E-state index in [1.165, 1.54) is 99.5 Å². The topological polar surface area (TPSA) is 400 Å². The van der Waals surface area contributed by atoms with Crippen LogP contribution in [0.2, 0.25) is 0 Å². The van der Waals surface area contributed by atoms with Crippen LogP contribution in [0, 0.1) is 0 Å². The van der Waals surface area contributed by atoms with Crippen molar-refractivity contribution in [2.75, 3.05) is 146 Å². The molecule has 21 aliphatic heterocycles. The van der Waals surface area contributed by atoms with Crippen LogP contribution in [0.1, 0.15) is 0 Å². The van der Waals surface area contributed by atoms with Crippen molar-refractivity contribution >= 4 is 0 Å². The zero-order valence-corrected chi connectivity index (χ0v) is 53.7. The molecule has 0 saturated carbocycles. The molecule has 21 fully saturated rings. The van der Waals surface area contributed by atoms with Crippen molar-refractivity contribution in [1.29, 1.82) is 0 Å². The molecule has 0 aliphatic carbocycles. The average Bonchev–Trinajstić information content (AvgIpc) is 0.810. The molecule has 91 heavy (non-hydrogen) atoms. The summed E-state index contributed by atoms with van der Waals surface area (Å²) in [6, 6.07) is 0. The monoisotopic (exact) mass is 1330 g/mol. The van der Waals surface area contributed by atoms with Crippen molar-refractivity contribution in [2.24, 2.45) is 0 Å². The molecule has 0 aromatic rings. The fourth-order valence-electron chi connectivity index (χ4n) is 13.1. The smallest absolute Gasteiger partial charge is 0.187 e. The van der Waals surface area contributed by atoms with Crippen LogP contribution in [-0.2, 0) is 133 Å². The van der Waals surface area contributed by atoms with Gasteiger partial charge in [-0.2, -0.15) is 0 Å². The summed E-state index contributed by atoms with van der Waals surface area (Å²) in [4.78, 5) is 0. The number of hydrogen-bond acceptors (Lipinski definition) is 35. The molecular formula is C56H98O35. The standard InChI is InChI=1S/C56H98O35/c1-64-15-22-36-29(57)43(71-8)50(78-22)86-37-23(16-65-2)80-52(45(73-10)30(37)58)88-39-25(18-67-4)82-54(47(75-12)32(39)60)90-41-27(20-69-6)84-56(49(77-14)34(41)62)91-42-28(21-70-7)83-55(48(76-13)35(42)63)89-40-26(19-68-5)81-53(46(74-11)33(40)61)87-38-24(17-66-3)79-51(85-36)44(72-9)31(38)59/h22-63H,15-21H2,1-14H3/t22-,23-,24-,25-,26+,27+,28+,29+,30-,31-,32+,33+,34+,35+,36-,37-,38-,39-,40-,41-,42-,43+,44-,45+,46-,47-,48-,49-,50-,51-,52-,53-,54-,55-,56-/m1/s1. The Morgan fingerprint density at radius 3 is 0.385 bits per heavy atom. The van der Waals surface area contributed by atoms with Gasteiger partial charge in [0.05, 0.1) is 46.2 Å². The van der Waals surface area contributed by atoms with E-state index in [9.17, 15) is 35.7 Å². The van der Waals surface area contributed by atoms with Crippen LogP contribution in [0.4, 0.5) is 0 Å². The second kappa shape index (κ2) is 35.4. The molecule has 35 nitrogen and oxygen atoms in total. The molecular weight excluding hydrogens is 1230 g/mol. The van der Waals surface area contributed by atoms with Gasteiger partial charge in [-0.1, -0.05) is 0 Å². The second-order valence-corrected chi connectivity index (χ2v) is 23.0. The van der Waals surface area contributed by atoms with E-state index in [0.29, 0.717) is 0 Å². The lowest BCUT2D eigenvalue weighted by Gasteiger charge is -2.51. The van der Waals surface area contributed by atoms with Gasteiger partial charge in [-0.05, 0) is 0 Å². The first-order valence-electron chi connectivity index (χ1n) is 30.0. The van der Waals surface area contributed by atoms with Gasteiger partial charge in [-0.25, -0.2) is 0 Å². The summed E-state index contributed by atoms with van der Waals surface area (Å²) < 4.78 is 171. The van der Waals surface area contributed by atoms with Crippen molar-refractivity contribution in [3.05, 3.63) is 0 Å². The minimum absolute atomic E-state index is 0.227. The Balaban J connectivity index is 1.17. The summed E-state index contributed by atoms with van der Waals surface area (Å²) in [5, 5.41) is 86.2. The van der Waals surface area contributed by atoms with Crippen LogP contribution < -0.4 is 0 Å². The molecule has 0 radical (unpaired) electrons. The minimum atomic E-state index is -1.62. The fraction of sp³-hybridized carbons (Fsp3) is 1.00. The Labute approximate surface area is 528 Å². The van der Waals surface area contributed by atoms with Gasteiger partial charge < -0.3 is 168 Å². The predicted octanol–water partition coefficient (Wildman–Crippen LogP) is -6.07. The molecule has 0 unspecified atom stereocenters. The number of aliphatic hydroxyl groups excluding tert-OH is 7. The maximum atomic E-state index is 12.3. The zero-order chi connectivity index (χ0) is 66.0. The van der Waals surface area contributed by atoms with Crippen LogP contribution in [0.25, 0.3) is 0 Å². The van der Waals surface area contributed by atoms with E-state index in [1.807, 2.05) is 0 Å². The molecule has 0 aromatic heterocycles. The Morgan fingerprint density at radius 2 is 0.297 bits per heavy atom. The van der Waals surface area contributed by atoms with Crippen molar-refractivity contribution in [2.45, 2.75) is 215 Å². The minimum Gasteiger partial charge on any atom is -0.387 e. The number of aliphatic hydroxyl groups is 7. The van der Waals surface area contributed by atoms with Crippen LogP contribution in [0.15, 0.2) is 0 Å². The molecule has 35 heteroatoms. The summed E-state index contributed by atoms with van der Waals surface area (Å²) in [5.41, 5.74) is 0. The number of rotatable bonds is 21. The van der Waals surface area contributed by atoms with Crippen LogP contribution in [-0.4, -0.2) is 396 Å². The van der Waals surface area contributed by atoms with Gasteiger partial charge >= 0.3 is 0 Å². The molecule has 532 valence electrons. The van der Waals surface area contributed by atoms with E-state index in [1.54, 1.807) is 0 Å². The second-order valence-electron chi connectivity index (χ2n) is 23.0. The van der Waals surface area contributed by atoms with Gasteiger partial charge in [0.1, 0.15) is 171 Å². The van der Waals surface area contributed by atoms with Gasteiger partial charge in [0.15, 0.2) is 44.0 Å². The van der Waals surface area contributed by atoms with E-state index >= 15 is 0 Å². The molecule has 0 amide bonds. The number of hydrogen-bond donors (Lipinski definition) is 7. The fourth-order valence-corrected chi connectivity index (χ4v) is 13.1. The first kappa shape index (κ1) is 75.4. The highest BCUT2D eigenvalue weighted by atomic mass is 16.8. The Bertz CT molecular complexity index is 1680. The molecule has 21 saturated heterocycles. The third-order valence-corrected chi connectivity index (χ3v) is 17.6. The van der Waals surface area contributed by atoms with Crippen molar-refractivity contribution in [3.8, 4) is 0 Å². The SMILES string of the molecule is COC[C@@H]1O[C@@H]2O[C@H]3[C@H](O)[C@@H](OC)[C@@H](O[C@H]4[C@@H](O)[C@@H](OC)[C@@H](O[C@H]5[C@H](O)[C@H](OC)[C@@H](O[C@H]6[C@@H](O)[C@H](OC)[C@@H](O[C@H]7[C@H](O)[C@@H](OC)[C@@H](O[C@H]8[C@H](O)[C@@H](OC)[C@@H](O[C@H]1[C@H](O)[C@H]2OC)O[C@H]8COC)O[C@@H]7COC)O[C@@H]6COC)O[C@@H]5COC)O[C@@H]4COC)O[C@H]3COC. The van der Waals surface area contributed by atoms with Crippen molar-refractivity contribution in [1.82, 2.24) is 0 Å². The molecule has 7 N–H and O–H groups in total. The highest BCUT2D eigenvalue weighted by Gasteiger charge is 2.61. The Hall–Kier alpha value is -1.40. The summed E-state index contributed by atoms with van der Waals surface area (Å²) in [6.07, 6.45) is -49.4. The molecule has 0 aromatic carbocycles. The normalized spacial score (nSPS) is 48.7. The first-order valence-corrected chi connectivity index (χ1v) is 30.0. The summed E-state index contributed by atoms with van der Waals surface area (Å²) in [6.45, 7) is -1.59. The highest BCUT2D eigenvalue weighted by Crippen LogP contribution is 2.41. The van der Waals surface area contributed by atoms with Crippen molar-refractivity contribution in [3.63, 3.8) is 0 Å². The average molecular weight is 1330 g/mol. The van der Waals surface area contributed by atoms with Gasteiger partial charge in [0.25, 0.3) is 0 Å². The summed E-state index contributed by atoms with van der Waals surface area (Å²) in [7, 11) is 18.7. The summed E-state index contributed by atoms with van der Waals surface area (Å²) in [5.74, 6) is 0. The highest BCUT2D eigenvalue weighted by molar-refractivity contribution is 5.03. The van der Waals surface area contributed by atoms with Crippen molar-refractivity contribution < 1.29 is 168 Å². The third kappa shape index (κ3) is 16.3. The lowest BCUT2D eigenvalue weighted by Crippen LogP contribution is -2.69. The molecule has 21 aliphatic rings. The lowest BCUT2D eigenvalue weighted by atomic mass is 9.95. The Morgan fingerprint density at radius 1 is 0.187 bits per heavy atom. The van der Waals surface area contributed by atoms with Gasteiger partial charge in [0, 0.05) is 99.5 Å². The maximum absolute atomic E-state index is 12.3. The van der Waals surface area contributed by atoms with E-state index in [2.05, 4.69) is 0 Å². The van der Waals surface area contributed by atoms with E-state index in [4.69, 9.17) is 133 Å². The van der Waals surface area contributed by atoms with Crippen LogP contribution in [0.3, 0.4) is 0 Å². The Kier molecular flexibility index (Phi) is 29.3. The van der Waals surface area contributed by atoms with Gasteiger partial charge in [-0.15, -0.1) is 0 Å². The zero-order valence-electron chi connectivity index (χ0n) is 53.7. The van der Waals surface area contributed by atoms with Gasteiger partial charge in [-0.3, -0.25) is 0 Å². The molecule has 35 atom stereocenters. The first-order chi connectivity index (χ1) is 43.9. The largest absolute Gasteiger partial charge is 0.387 e. The van der Waals surface area contributed by atoms with E-state index in [0.717, 1.165) is 0 Å². The van der Waals surface area contributed by atoms with E-state index in [-0.39, 0.29) is 46.2 Å².